The van der Waals surface area contributed by atoms with Crippen LogP contribution in [0.2, 0.25) is 0 Å². The summed E-state index contributed by atoms with van der Waals surface area (Å²) in [5.41, 5.74) is 0. The Hall–Kier alpha value is -0.570. The van der Waals surface area contributed by atoms with E-state index >= 15 is 0 Å². The number of carbonyl (C=O) groups is 1. The summed E-state index contributed by atoms with van der Waals surface area (Å²) in [5, 5.41) is 2.91. The molecule has 2 fully saturated rings. The van der Waals surface area contributed by atoms with Crippen LogP contribution in [0.25, 0.3) is 0 Å². The van der Waals surface area contributed by atoms with Crippen molar-refractivity contribution in [2.24, 2.45) is 11.8 Å². The molecule has 2 heterocycles. The highest BCUT2D eigenvalue weighted by atomic mass is 16.5. The Morgan fingerprint density at radius 3 is 3.00 bits per heavy atom. The van der Waals surface area contributed by atoms with Gasteiger partial charge in [-0.3, -0.25) is 4.79 Å². The van der Waals surface area contributed by atoms with Crippen molar-refractivity contribution < 1.29 is 9.53 Å². The van der Waals surface area contributed by atoms with Crippen LogP contribution < -0.4 is 5.32 Å². The van der Waals surface area contributed by atoms with Gasteiger partial charge in [-0.15, -0.1) is 0 Å². The minimum absolute atomic E-state index is 0.237. The largest absolute Gasteiger partial charge is 0.381 e. The van der Waals surface area contributed by atoms with Crippen molar-refractivity contribution in [2.45, 2.75) is 19.3 Å². The second kappa shape index (κ2) is 3.44. The third-order valence-corrected chi connectivity index (χ3v) is 2.86. The first-order valence-corrected chi connectivity index (χ1v) is 4.73. The standard InChI is InChI=1S/C9H15NO2/c11-9-8(2-1-4-10-9)7-3-5-12-6-7/h7-8H,1-6H2,(H,10,11)/t7?,8-/m1/s1. The third kappa shape index (κ3) is 1.46. The first-order chi connectivity index (χ1) is 5.88. The summed E-state index contributed by atoms with van der Waals surface area (Å²) in [6.07, 6.45) is 3.25. The summed E-state index contributed by atoms with van der Waals surface area (Å²) in [6.45, 7) is 2.50. The predicted molar refractivity (Wildman–Crippen MR) is 44.7 cm³/mol. The van der Waals surface area contributed by atoms with E-state index in [1.165, 1.54) is 0 Å². The van der Waals surface area contributed by atoms with Crippen molar-refractivity contribution in [2.75, 3.05) is 19.8 Å². The highest BCUT2D eigenvalue weighted by Crippen LogP contribution is 2.27. The van der Waals surface area contributed by atoms with E-state index < -0.39 is 0 Å². The summed E-state index contributed by atoms with van der Waals surface area (Å²) in [4.78, 5) is 11.4. The molecule has 1 unspecified atom stereocenters. The fraction of sp³-hybridized carbons (Fsp3) is 0.889. The van der Waals surface area contributed by atoms with Crippen LogP contribution in [-0.4, -0.2) is 25.7 Å². The molecular formula is C9H15NO2. The topological polar surface area (TPSA) is 38.3 Å². The molecule has 0 saturated carbocycles. The maximum absolute atomic E-state index is 11.4. The molecule has 3 heteroatoms. The lowest BCUT2D eigenvalue weighted by Gasteiger charge is -2.25. The summed E-state index contributed by atoms with van der Waals surface area (Å²) < 4.78 is 5.28. The normalized spacial score (nSPS) is 36.5. The van der Waals surface area contributed by atoms with E-state index in [-0.39, 0.29) is 11.8 Å². The summed E-state index contributed by atoms with van der Waals surface area (Å²) in [6, 6.07) is 0. The van der Waals surface area contributed by atoms with Gasteiger partial charge in [0.15, 0.2) is 0 Å². The van der Waals surface area contributed by atoms with E-state index in [0.29, 0.717) is 5.92 Å². The Morgan fingerprint density at radius 2 is 2.33 bits per heavy atom. The molecule has 1 amide bonds. The van der Waals surface area contributed by atoms with Crippen LogP contribution in [-0.2, 0) is 9.53 Å². The average molecular weight is 169 g/mol. The Morgan fingerprint density at radius 1 is 1.42 bits per heavy atom. The first kappa shape index (κ1) is 8.05. The molecule has 0 aromatic carbocycles. The molecule has 2 atom stereocenters. The number of carbonyl (C=O) groups excluding carboxylic acids is 1. The zero-order chi connectivity index (χ0) is 8.39. The van der Waals surface area contributed by atoms with Crippen molar-refractivity contribution in [3.63, 3.8) is 0 Å². The molecule has 2 aliphatic heterocycles. The number of hydrogen-bond acceptors (Lipinski definition) is 2. The molecule has 2 aliphatic rings. The second-order valence-corrected chi connectivity index (χ2v) is 3.66. The number of hydrogen-bond donors (Lipinski definition) is 1. The summed E-state index contributed by atoms with van der Waals surface area (Å²) in [7, 11) is 0. The fourth-order valence-electron chi connectivity index (χ4n) is 2.12. The average Bonchev–Trinajstić information content (AvgIpc) is 2.57. The Kier molecular flexibility index (Phi) is 2.30. The number of rotatable bonds is 1. The van der Waals surface area contributed by atoms with Crippen molar-refractivity contribution >= 4 is 5.91 Å². The minimum atomic E-state index is 0.237. The zero-order valence-electron chi connectivity index (χ0n) is 7.21. The van der Waals surface area contributed by atoms with Crippen molar-refractivity contribution in [1.29, 1.82) is 0 Å². The van der Waals surface area contributed by atoms with E-state index in [9.17, 15) is 4.79 Å². The van der Waals surface area contributed by atoms with Gasteiger partial charge in [-0.05, 0) is 25.2 Å². The van der Waals surface area contributed by atoms with Gasteiger partial charge < -0.3 is 10.1 Å². The van der Waals surface area contributed by atoms with Gasteiger partial charge >= 0.3 is 0 Å². The van der Waals surface area contributed by atoms with Crippen molar-refractivity contribution in [3.05, 3.63) is 0 Å². The molecular weight excluding hydrogens is 154 g/mol. The number of nitrogens with one attached hydrogen (secondary N) is 1. The van der Waals surface area contributed by atoms with Gasteiger partial charge in [0, 0.05) is 19.1 Å². The Bertz CT molecular complexity index is 175. The third-order valence-electron chi connectivity index (χ3n) is 2.86. The lowest BCUT2D eigenvalue weighted by Crippen LogP contribution is -2.40. The number of amides is 1. The van der Waals surface area contributed by atoms with Crippen molar-refractivity contribution in [1.82, 2.24) is 5.32 Å². The van der Waals surface area contributed by atoms with E-state index in [2.05, 4.69) is 5.32 Å². The molecule has 68 valence electrons. The number of piperidine rings is 1. The van der Waals surface area contributed by atoms with Gasteiger partial charge in [0.1, 0.15) is 0 Å². The van der Waals surface area contributed by atoms with Gasteiger partial charge in [0.05, 0.1) is 6.61 Å². The van der Waals surface area contributed by atoms with Gasteiger partial charge in [0.25, 0.3) is 0 Å². The lowest BCUT2D eigenvalue weighted by molar-refractivity contribution is -0.128. The maximum Gasteiger partial charge on any atom is 0.223 e. The molecule has 0 radical (unpaired) electrons. The molecule has 3 nitrogen and oxygen atoms in total. The Balaban J connectivity index is 1.95. The lowest BCUT2D eigenvalue weighted by atomic mass is 9.85. The predicted octanol–water partition coefficient (Wildman–Crippen LogP) is 0.549. The quantitative estimate of drug-likeness (QED) is 0.622. The molecule has 0 spiro atoms. The maximum atomic E-state index is 11.4. The SMILES string of the molecule is O=C1NCCC[C@@H]1C1CCOC1. The van der Waals surface area contributed by atoms with Gasteiger partial charge in [-0.1, -0.05) is 0 Å². The second-order valence-electron chi connectivity index (χ2n) is 3.66. The van der Waals surface area contributed by atoms with E-state index in [1.807, 2.05) is 0 Å². The number of ether oxygens (including phenoxy) is 1. The monoisotopic (exact) mass is 169 g/mol. The zero-order valence-corrected chi connectivity index (χ0v) is 7.21. The smallest absolute Gasteiger partial charge is 0.223 e. The van der Waals surface area contributed by atoms with Crippen LogP contribution in [0.1, 0.15) is 19.3 Å². The first-order valence-electron chi connectivity index (χ1n) is 4.73. The minimum Gasteiger partial charge on any atom is -0.381 e. The molecule has 0 bridgehead atoms. The molecule has 2 saturated heterocycles. The molecule has 0 aliphatic carbocycles. The molecule has 2 rings (SSSR count). The van der Waals surface area contributed by atoms with Crippen LogP contribution in [0, 0.1) is 11.8 Å². The highest BCUT2D eigenvalue weighted by Gasteiger charge is 2.32. The molecule has 0 aromatic rings. The van der Waals surface area contributed by atoms with Crippen LogP contribution in [0.4, 0.5) is 0 Å². The van der Waals surface area contributed by atoms with Crippen LogP contribution >= 0.6 is 0 Å². The highest BCUT2D eigenvalue weighted by molar-refractivity contribution is 5.79. The van der Waals surface area contributed by atoms with Gasteiger partial charge in [-0.2, -0.15) is 0 Å². The fourth-order valence-corrected chi connectivity index (χ4v) is 2.12. The van der Waals surface area contributed by atoms with Crippen LogP contribution in [0.5, 0.6) is 0 Å². The van der Waals surface area contributed by atoms with Gasteiger partial charge in [-0.25, -0.2) is 0 Å². The van der Waals surface area contributed by atoms with Crippen LogP contribution in [0.3, 0.4) is 0 Å². The molecule has 1 N–H and O–H groups in total. The summed E-state index contributed by atoms with van der Waals surface area (Å²) in [5.74, 6) is 0.975. The van der Waals surface area contributed by atoms with E-state index in [1.54, 1.807) is 0 Å². The van der Waals surface area contributed by atoms with E-state index in [0.717, 1.165) is 39.0 Å². The van der Waals surface area contributed by atoms with Crippen molar-refractivity contribution in [3.8, 4) is 0 Å². The van der Waals surface area contributed by atoms with Crippen LogP contribution in [0.15, 0.2) is 0 Å². The Labute approximate surface area is 72.5 Å². The summed E-state index contributed by atoms with van der Waals surface area (Å²) >= 11 is 0. The molecule has 12 heavy (non-hydrogen) atoms. The van der Waals surface area contributed by atoms with E-state index in [4.69, 9.17) is 4.74 Å². The molecule has 0 aromatic heterocycles. The van der Waals surface area contributed by atoms with Gasteiger partial charge in [0.2, 0.25) is 5.91 Å².